The van der Waals surface area contributed by atoms with E-state index in [2.05, 4.69) is 22.1 Å². The molecule has 1 N–H and O–H groups in total. The van der Waals surface area contributed by atoms with E-state index in [4.69, 9.17) is 4.74 Å². The number of hydrogen-bond acceptors (Lipinski definition) is 3. The monoisotopic (exact) mass is 337 g/mol. The molecule has 0 saturated heterocycles. The first-order valence-electron chi connectivity index (χ1n) is 7.73. The second-order valence-corrected chi connectivity index (χ2v) is 5.21. The first-order valence-corrected chi connectivity index (χ1v) is 7.73. The van der Waals surface area contributed by atoms with E-state index < -0.39 is 5.82 Å². The van der Waals surface area contributed by atoms with E-state index in [9.17, 15) is 9.18 Å². The molecule has 0 spiro atoms. The van der Waals surface area contributed by atoms with Crippen LogP contribution in [0.5, 0.6) is 5.75 Å². The Labute approximate surface area is 144 Å². The smallest absolute Gasteiger partial charge is 0.240 e. The van der Waals surface area contributed by atoms with Crippen LogP contribution in [0.25, 0.3) is 11.0 Å². The third-order valence-electron chi connectivity index (χ3n) is 3.48. The Morgan fingerprint density at radius 2 is 1.96 bits per heavy atom. The van der Waals surface area contributed by atoms with Gasteiger partial charge in [-0.25, -0.2) is 9.37 Å². The molecule has 6 heteroatoms. The van der Waals surface area contributed by atoms with Crippen molar-refractivity contribution in [2.75, 3.05) is 13.2 Å². The molecule has 25 heavy (non-hydrogen) atoms. The van der Waals surface area contributed by atoms with Crippen LogP contribution < -0.4 is 10.1 Å². The molecule has 1 aromatic heterocycles. The van der Waals surface area contributed by atoms with E-state index in [1.165, 1.54) is 12.1 Å². The summed E-state index contributed by atoms with van der Waals surface area (Å²) in [4.78, 5) is 16.2. The zero-order valence-electron chi connectivity index (χ0n) is 13.4. The average Bonchev–Trinajstić information content (AvgIpc) is 3.02. The summed E-state index contributed by atoms with van der Waals surface area (Å²) < 4.78 is 20.3. The van der Waals surface area contributed by atoms with Crippen LogP contribution in [0.3, 0.4) is 0 Å². The molecule has 3 rings (SSSR count). The van der Waals surface area contributed by atoms with Crippen molar-refractivity contribution in [3.8, 4) is 17.6 Å². The van der Waals surface area contributed by atoms with Crippen LogP contribution in [0.2, 0.25) is 0 Å². The lowest BCUT2D eigenvalue weighted by Gasteiger charge is -2.04. The maximum Gasteiger partial charge on any atom is 0.240 e. The Morgan fingerprint density at radius 3 is 2.84 bits per heavy atom. The minimum atomic E-state index is -0.426. The van der Waals surface area contributed by atoms with Crippen molar-refractivity contribution in [1.29, 1.82) is 0 Å². The van der Waals surface area contributed by atoms with E-state index in [0.717, 1.165) is 11.0 Å². The van der Waals surface area contributed by atoms with Crippen LogP contribution in [0.15, 0.2) is 54.9 Å². The van der Waals surface area contributed by atoms with Gasteiger partial charge in [0.2, 0.25) is 5.91 Å². The summed E-state index contributed by atoms with van der Waals surface area (Å²) >= 11 is 0. The third kappa shape index (κ3) is 4.36. The van der Waals surface area contributed by atoms with Gasteiger partial charge in [-0.2, -0.15) is 0 Å². The van der Waals surface area contributed by atoms with Crippen LogP contribution in [-0.2, 0) is 11.3 Å². The quantitative estimate of drug-likeness (QED) is 0.727. The molecule has 1 heterocycles. The van der Waals surface area contributed by atoms with Crippen molar-refractivity contribution >= 4 is 16.9 Å². The third-order valence-corrected chi connectivity index (χ3v) is 3.48. The highest BCUT2D eigenvalue weighted by atomic mass is 19.1. The summed E-state index contributed by atoms with van der Waals surface area (Å²) in [6.45, 7) is 0.434. The Morgan fingerprint density at radius 1 is 1.16 bits per heavy atom. The molecule has 0 unspecified atom stereocenters. The SMILES string of the molecule is O=C(Cn1cnc2ccccc21)NCC#CCOc1ccccc1F. The van der Waals surface area contributed by atoms with E-state index in [1.54, 1.807) is 23.0 Å². The molecule has 3 aromatic rings. The number of nitrogens with zero attached hydrogens (tertiary/aromatic N) is 2. The number of carbonyl (C=O) groups is 1. The molecule has 0 aliphatic rings. The predicted octanol–water partition coefficient (Wildman–Crippen LogP) is 2.37. The molecule has 2 aromatic carbocycles. The summed E-state index contributed by atoms with van der Waals surface area (Å²) in [6, 6.07) is 13.7. The van der Waals surface area contributed by atoms with E-state index in [0.29, 0.717) is 0 Å². The second kappa shape index (κ2) is 7.97. The van der Waals surface area contributed by atoms with Crippen LogP contribution >= 0.6 is 0 Å². The molecule has 0 saturated carbocycles. The number of halogens is 1. The second-order valence-electron chi connectivity index (χ2n) is 5.21. The summed E-state index contributed by atoms with van der Waals surface area (Å²) in [5, 5.41) is 2.70. The van der Waals surface area contributed by atoms with Gasteiger partial charge in [0, 0.05) is 0 Å². The number of para-hydroxylation sites is 3. The van der Waals surface area contributed by atoms with Crippen molar-refractivity contribution in [2.45, 2.75) is 6.54 Å². The van der Waals surface area contributed by atoms with Gasteiger partial charge in [-0.1, -0.05) is 36.1 Å². The van der Waals surface area contributed by atoms with Crippen molar-refractivity contribution in [3.63, 3.8) is 0 Å². The first-order chi connectivity index (χ1) is 12.2. The van der Waals surface area contributed by atoms with Crippen molar-refractivity contribution in [3.05, 3.63) is 60.7 Å². The molecule has 0 aliphatic carbocycles. The van der Waals surface area contributed by atoms with E-state index in [-0.39, 0.29) is 31.4 Å². The lowest BCUT2D eigenvalue weighted by atomic mass is 10.3. The normalized spacial score (nSPS) is 10.1. The highest BCUT2D eigenvalue weighted by Crippen LogP contribution is 2.14. The number of ether oxygens (including phenoxy) is 1. The Balaban J connectivity index is 1.43. The molecule has 0 atom stereocenters. The number of nitrogens with one attached hydrogen (secondary N) is 1. The number of carbonyl (C=O) groups excluding carboxylic acids is 1. The topological polar surface area (TPSA) is 56.2 Å². The van der Waals surface area contributed by atoms with Gasteiger partial charge in [0.1, 0.15) is 13.2 Å². The van der Waals surface area contributed by atoms with Crippen molar-refractivity contribution < 1.29 is 13.9 Å². The van der Waals surface area contributed by atoms with E-state index in [1.807, 2.05) is 24.3 Å². The number of rotatable bonds is 5. The molecule has 5 nitrogen and oxygen atoms in total. The van der Waals surface area contributed by atoms with Crippen LogP contribution in [-0.4, -0.2) is 28.6 Å². The first kappa shape index (κ1) is 16.5. The molecule has 1 amide bonds. The molecular formula is C19H16FN3O2. The summed E-state index contributed by atoms with van der Waals surface area (Å²) in [6.07, 6.45) is 1.64. The summed E-state index contributed by atoms with van der Waals surface area (Å²) in [5.74, 6) is 5.08. The van der Waals surface area contributed by atoms with Gasteiger partial charge < -0.3 is 14.6 Å². The maximum absolute atomic E-state index is 13.3. The Bertz CT molecular complexity index is 940. The fourth-order valence-electron chi connectivity index (χ4n) is 2.28. The van der Waals surface area contributed by atoms with Gasteiger partial charge >= 0.3 is 0 Å². The van der Waals surface area contributed by atoms with Crippen molar-refractivity contribution in [2.24, 2.45) is 0 Å². The van der Waals surface area contributed by atoms with Gasteiger partial charge in [-0.05, 0) is 24.3 Å². The average molecular weight is 337 g/mol. The lowest BCUT2D eigenvalue weighted by Crippen LogP contribution is -2.27. The lowest BCUT2D eigenvalue weighted by molar-refractivity contribution is -0.121. The number of amides is 1. The Kier molecular flexibility index (Phi) is 5.27. The molecule has 0 aliphatic heterocycles. The van der Waals surface area contributed by atoms with Crippen LogP contribution in [0.1, 0.15) is 0 Å². The highest BCUT2D eigenvalue weighted by molar-refractivity contribution is 5.80. The van der Waals surface area contributed by atoms with Gasteiger partial charge in [0.15, 0.2) is 11.6 Å². The predicted molar refractivity (Wildman–Crippen MR) is 92.4 cm³/mol. The number of hydrogen-bond donors (Lipinski definition) is 1. The van der Waals surface area contributed by atoms with Gasteiger partial charge in [0.25, 0.3) is 0 Å². The van der Waals surface area contributed by atoms with Crippen molar-refractivity contribution in [1.82, 2.24) is 14.9 Å². The Hall–Kier alpha value is -3.33. The molecule has 0 fully saturated rings. The summed E-state index contributed by atoms with van der Waals surface area (Å²) in [5.41, 5.74) is 1.75. The fraction of sp³-hybridized carbons (Fsp3) is 0.158. The molecular weight excluding hydrogens is 321 g/mol. The van der Waals surface area contributed by atoms with E-state index >= 15 is 0 Å². The van der Waals surface area contributed by atoms with Crippen LogP contribution in [0.4, 0.5) is 4.39 Å². The minimum Gasteiger partial charge on any atom is -0.478 e. The number of fused-ring (bicyclic) bond motifs is 1. The number of imidazole rings is 1. The minimum absolute atomic E-state index is 0.0585. The number of benzene rings is 2. The van der Waals surface area contributed by atoms with Crippen LogP contribution in [0, 0.1) is 17.7 Å². The molecule has 126 valence electrons. The maximum atomic E-state index is 13.3. The van der Waals surface area contributed by atoms with Gasteiger partial charge in [0.05, 0.1) is 23.9 Å². The zero-order chi connectivity index (χ0) is 17.5. The van der Waals surface area contributed by atoms with Gasteiger partial charge in [-0.3, -0.25) is 4.79 Å². The zero-order valence-corrected chi connectivity index (χ0v) is 13.4. The molecule has 0 radical (unpaired) electrons. The largest absolute Gasteiger partial charge is 0.478 e. The highest BCUT2D eigenvalue weighted by Gasteiger charge is 2.05. The standard InChI is InChI=1S/C19H16FN3O2/c20-15-7-1-4-10-18(15)25-12-6-5-11-21-19(24)13-23-14-22-16-8-2-3-9-17(16)23/h1-4,7-10,14H,11-13H2,(H,21,24). The van der Waals surface area contributed by atoms with Gasteiger partial charge in [-0.15, -0.1) is 0 Å². The fourth-order valence-corrected chi connectivity index (χ4v) is 2.28. The molecule has 0 bridgehead atoms. The number of aromatic nitrogens is 2. The summed E-state index contributed by atoms with van der Waals surface area (Å²) in [7, 11) is 0.